The Morgan fingerprint density at radius 1 is 1.13 bits per heavy atom. The zero-order valence-corrected chi connectivity index (χ0v) is 11.6. The standard InChI is InChI=1S/C14H29N/c1-7-13(3,4)14(5,6)11-15-9-8-12(2)10-15/h12H,7-11H2,1-6H3/t12-/m0/s1. The van der Waals surface area contributed by atoms with Crippen molar-refractivity contribution in [1.29, 1.82) is 0 Å². The van der Waals surface area contributed by atoms with Gasteiger partial charge in [0.05, 0.1) is 0 Å². The minimum Gasteiger partial charge on any atom is -0.303 e. The lowest BCUT2D eigenvalue weighted by molar-refractivity contribution is 0.0608. The Labute approximate surface area is 96.2 Å². The molecule has 1 heteroatoms. The van der Waals surface area contributed by atoms with E-state index in [1.54, 1.807) is 0 Å². The van der Waals surface area contributed by atoms with Gasteiger partial charge in [-0.3, -0.25) is 0 Å². The molecule has 0 aromatic heterocycles. The molecule has 0 bridgehead atoms. The first-order chi connectivity index (χ1) is 6.78. The maximum atomic E-state index is 2.65. The summed E-state index contributed by atoms with van der Waals surface area (Å²) in [6.45, 7) is 18.2. The van der Waals surface area contributed by atoms with Gasteiger partial charge in [0.1, 0.15) is 0 Å². The highest BCUT2D eigenvalue weighted by Gasteiger charge is 2.37. The van der Waals surface area contributed by atoms with Crippen LogP contribution in [0.15, 0.2) is 0 Å². The first kappa shape index (κ1) is 13.0. The highest BCUT2D eigenvalue weighted by Crippen LogP contribution is 2.42. The molecule has 1 aliphatic rings. The number of hydrogen-bond acceptors (Lipinski definition) is 1. The van der Waals surface area contributed by atoms with Crippen LogP contribution in [0.4, 0.5) is 0 Å². The molecule has 0 aromatic rings. The van der Waals surface area contributed by atoms with Crippen molar-refractivity contribution in [3.8, 4) is 0 Å². The lowest BCUT2D eigenvalue weighted by Crippen LogP contribution is -2.42. The van der Waals surface area contributed by atoms with Crippen LogP contribution in [-0.4, -0.2) is 24.5 Å². The van der Waals surface area contributed by atoms with Crippen LogP contribution in [0.5, 0.6) is 0 Å². The van der Waals surface area contributed by atoms with Gasteiger partial charge in [0.15, 0.2) is 0 Å². The fourth-order valence-electron chi connectivity index (χ4n) is 2.42. The number of hydrogen-bond donors (Lipinski definition) is 0. The van der Waals surface area contributed by atoms with Crippen molar-refractivity contribution in [2.24, 2.45) is 16.7 Å². The second-order valence-corrected chi connectivity index (χ2v) is 6.75. The van der Waals surface area contributed by atoms with E-state index < -0.39 is 0 Å². The van der Waals surface area contributed by atoms with Crippen LogP contribution in [0.1, 0.15) is 54.4 Å². The van der Waals surface area contributed by atoms with Crippen molar-refractivity contribution in [3.63, 3.8) is 0 Å². The zero-order valence-electron chi connectivity index (χ0n) is 11.6. The number of rotatable bonds is 4. The maximum absolute atomic E-state index is 2.65. The molecule has 1 aliphatic heterocycles. The number of nitrogens with zero attached hydrogens (tertiary/aromatic N) is 1. The smallest absolute Gasteiger partial charge is 0.00379 e. The largest absolute Gasteiger partial charge is 0.303 e. The SMILES string of the molecule is CCC(C)(C)C(C)(C)CN1CC[C@H](C)C1. The highest BCUT2D eigenvalue weighted by atomic mass is 15.1. The van der Waals surface area contributed by atoms with Crippen molar-refractivity contribution < 1.29 is 0 Å². The van der Waals surface area contributed by atoms with Crippen molar-refractivity contribution in [3.05, 3.63) is 0 Å². The van der Waals surface area contributed by atoms with Crippen LogP contribution in [0, 0.1) is 16.7 Å². The van der Waals surface area contributed by atoms with Gasteiger partial charge >= 0.3 is 0 Å². The average Bonchev–Trinajstić information content (AvgIpc) is 2.50. The van der Waals surface area contributed by atoms with Gasteiger partial charge in [-0.1, -0.05) is 48.0 Å². The van der Waals surface area contributed by atoms with E-state index >= 15 is 0 Å². The molecule has 1 rings (SSSR count). The molecular formula is C14H29N. The van der Waals surface area contributed by atoms with Crippen molar-refractivity contribution in [2.75, 3.05) is 19.6 Å². The summed E-state index contributed by atoms with van der Waals surface area (Å²) in [6.07, 6.45) is 2.66. The van der Waals surface area contributed by atoms with Gasteiger partial charge in [0.2, 0.25) is 0 Å². The fourth-order valence-corrected chi connectivity index (χ4v) is 2.42. The highest BCUT2D eigenvalue weighted by molar-refractivity contribution is 4.89. The summed E-state index contributed by atoms with van der Waals surface area (Å²) in [6, 6.07) is 0. The molecule has 0 N–H and O–H groups in total. The predicted molar refractivity (Wildman–Crippen MR) is 68.1 cm³/mol. The van der Waals surface area contributed by atoms with E-state index in [1.807, 2.05) is 0 Å². The third-order valence-corrected chi connectivity index (χ3v) is 4.84. The van der Waals surface area contributed by atoms with Crippen molar-refractivity contribution in [2.45, 2.75) is 54.4 Å². The molecule has 90 valence electrons. The first-order valence-electron chi connectivity index (χ1n) is 6.51. The van der Waals surface area contributed by atoms with E-state index in [4.69, 9.17) is 0 Å². The normalized spacial score (nSPS) is 24.8. The van der Waals surface area contributed by atoms with E-state index in [2.05, 4.69) is 46.4 Å². The van der Waals surface area contributed by atoms with E-state index in [0.29, 0.717) is 10.8 Å². The Morgan fingerprint density at radius 2 is 1.73 bits per heavy atom. The molecule has 15 heavy (non-hydrogen) atoms. The third kappa shape index (κ3) is 2.96. The van der Waals surface area contributed by atoms with Crippen molar-refractivity contribution in [1.82, 2.24) is 4.90 Å². The molecule has 0 radical (unpaired) electrons. The van der Waals surface area contributed by atoms with Gasteiger partial charge in [-0.2, -0.15) is 0 Å². The summed E-state index contributed by atoms with van der Waals surface area (Å²) in [7, 11) is 0. The monoisotopic (exact) mass is 211 g/mol. The van der Waals surface area contributed by atoms with Gasteiger partial charge in [0, 0.05) is 13.1 Å². The Morgan fingerprint density at radius 3 is 2.13 bits per heavy atom. The zero-order chi connectivity index (χ0) is 11.7. The molecule has 1 heterocycles. The summed E-state index contributed by atoms with van der Waals surface area (Å²) in [5, 5.41) is 0. The Balaban J connectivity index is 2.56. The quantitative estimate of drug-likeness (QED) is 0.684. The van der Waals surface area contributed by atoms with E-state index in [0.717, 1.165) is 5.92 Å². The van der Waals surface area contributed by atoms with Crippen LogP contribution in [0.3, 0.4) is 0 Å². The first-order valence-corrected chi connectivity index (χ1v) is 6.51. The molecule has 1 fully saturated rings. The van der Waals surface area contributed by atoms with Crippen LogP contribution in [0.25, 0.3) is 0 Å². The summed E-state index contributed by atoms with van der Waals surface area (Å²) in [4.78, 5) is 2.65. The van der Waals surface area contributed by atoms with Gasteiger partial charge in [-0.05, 0) is 29.7 Å². The van der Waals surface area contributed by atoms with Crippen LogP contribution < -0.4 is 0 Å². The second kappa shape index (κ2) is 4.45. The van der Waals surface area contributed by atoms with Gasteiger partial charge in [0.25, 0.3) is 0 Å². The molecule has 0 amide bonds. The van der Waals surface area contributed by atoms with Crippen molar-refractivity contribution >= 4 is 0 Å². The molecule has 0 aromatic carbocycles. The molecule has 0 unspecified atom stereocenters. The molecule has 1 saturated heterocycles. The Kier molecular flexibility index (Phi) is 3.86. The topological polar surface area (TPSA) is 3.24 Å². The lowest BCUT2D eigenvalue weighted by atomic mass is 9.66. The molecule has 0 saturated carbocycles. The summed E-state index contributed by atoms with van der Waals surface area (Å²) in [5.74, 6) is 0.908. The Hall–Kier alpha value is -0.0400. The van der Waals surface area contributed by atoms with Gasteiger partial charge < -0.3 is 4.90 Å². The minimum absolute atomic E-state index is 0.422. The minimum atomic E-state index is 0.422. The summed E-state index contributed by atoms with van der Waals surface area (Å²) >= 11 is 0. The van der Waals surface area contributed by atoms with Gasteiger partial charge in [-0.25, -0.2) is 0 Å². The molecule has 1 atom stereocenters. The van der Waals surface area contributed by atoms with Crippen LogP contribution >= 0.6 is 0 Å². The van der Waals surface area contributed by atoms with Crippen LogP contribution in [0.2, 0.25) is 0 Å². The molecular weight excluding hydrogens is 182 g/mol. The predicted octanol–water partition coefficient (Wildman–Crippen LogP) is 3.79. The third-order valence-electron chi connectivity index (χ3n) is 4.84. The van der Waals surface area contributed by atoms with Gasteiger partial charge in [-0.15, -0.1) is 0 Å². The fraction of sp³-hybridized carbons (Fsp3) is 1.00. The second-order valence-electron chi connectivity index (χ2n) is 6.75. The summed E-state index contributed by atoms with van der Waals surface area (Å²) < 4.78 is 0. The van der Waals surface area contributed by atoms with E-state index in [-0.39, 0.29) is 0 Å². The molecule has 0 aliphatic carbocycles. The summed E-state index contributed by atoms with van der Waals surface area (Å²) in [5.41, 5.74) is 0.866. The maximum Gasteiger partial charge on any atom is 0.00379 e. The van der Waals surface area contributed by atoms with E-state index in [1.165, 1.54) is 32.5 Å². The molecule has 0 spiro atoms. The Bertz CT molecular complexity index is 205. The molecule has 1 nitrogen and oxygen atoms in total. The number of likely N-dealkylation sites (tertiary alicyclic amines) is 1. The lowest BCUT2D eigenvalue weighted by Gasteiger charge is -2.43. The van der Waals surface area contributed by atoms with Crippen LogP contribution in [-0.2, 0) is 0 Å². The van der Waals surface area contributed by atoms with E-state index in [9.17, 15) is 0 Å². The average molecular weight is 211 g/mol.